The Bertz CT molecular complexity index is 452. The zero-order valence-corrected chi connectivity index (χ0v) is 11.7. The summed E-state index contributed by atoms with van der Waals surface area (Å²) in [6, 6.07) is 3.77. The smallest absolute Gasteiger partial charge is 0.151 e. The van der Waals surface area contributed by atoms with Crippen LogP contribution in [0.3, 0.4) is 0 Å². The molecule has 108 valence electrons. The topological polar surface area (TPSA) is 53.4 Å². The van der Waals surface area contributed by atoms with Crippen LogP contribution in [-0.4, -0.2) is 36.1 Å². The number of pyridine rings is 1. The van der Waals surface area contributed by atoms with Gasteiger partial charge in [0.1, 0.15) is 5.82 Å². The lowest BCUT2D eigenvalue weighted by molar-refractivity contribution is 0.112. The van der Waals surface area contributed by atoms with Crippen molar-refractivity contribution in [2.45, 2.75) is 25.7 Å². The second-order valence-corrected chi connectivity index (χ2v) is 6.06. The van der Waals surface area contributed by atoms with Gasteiger partial charge >= 0.3 is 0 Å². The van der Waals surface area contributed by atoms with E-state index in [-0.39, 0.29) is 0 Å². The monoisotopic (exact) mass is 274 g/mol. The molecule has 0 amide bonds. The summed E-state index contributed by atoms with van der Waals surface area (Å²) in [7, 11) is 0. The van der Waals surface area contributed by atoms with Crippen molar-refractivity contribution in [1.29, 1.82) is 0 Å². The maximum absolute atomic E-state index is 10.6. The molecule has 0 radical (unpaired) electrons. The van der Waals surface area contributed by atoms with Crippen LogP contribution in [0.2, 0.25) is 0 Å². The van der Waals surface area contributed by atoms with Crippen LogP contribution in [0.4, 0.5) is 5.82 Å². The number of anilines is 1. The van der Waals surface area contributed by atoms with Crippen LogP contribution in [0.5, 0.6) is 0 Å². The summed E-state index contributed by atoms with van der Waals surface area (Å²) in [5, 5.41) is 8.98. The SMILES string of the molecule is O=Cc1ccc(N2CCC([C@H]3C[C@H]3CCO)CC2)nc1. The number of aliphatic hydroxyl groups is 1. The average molecular weight is 274 g/mol. The minimum atomic E-state index is 0.340. The van der Waals surface area contributed by atoms with Crippen LogP contribution in [-0.2, 0) is 0 Å². The number of nitrogens with zero attached hydrogens (tertiary/aromatic N) is 2. The number of carbonyl (C=O) groups is 1. The standard InChI is InChI=1S/C16H22N2O2/c19-8-5-14-9-15(14)13-3-6-18(7-4-13)16-2-1-12(11-20)10-17-16/h1-2,10-11,13-15,19H,3-9H2/t14-,15-/m1/s1. The van der Waals surface area contributed by atoms with E-state index in [1.165, 1.54) is 19.3 Å². The molecule has 1 aliphatic carbocycles. The van der Waals surface area contributed by atoms with E-state index in [1.807, 2.05) is 12.1 Å². The van der Waals surface area contributed by atoms with Crippen LogP contribution in [0.25, 0.3) is 0 Å². The van der Waals surface area contributed by atoms with Crippen LogP contribution >= 0.6 is 0 Å². The summed E-state index contributed by atoms with van der Waals surface area (Å²) in [6.45, 7) is 2.45. The number of hydrogen-bond donors (Lipinski definition) is 1. The molecule has 3 rings (SSSR count). The van der Waals surface area contributed by atoms with Gasteiger partial charge in [-0.05, 0) is 55.6 Å². The molecule has 0 spiro atoms. The first-order valence-electron chi connectivity index (χ1n) is 7.59. The predicted octanol–water partition coefficient (Wildman–Crippen LogP) is 2.13. The van der Waals surface area contributed by atoms with Gasteiger partial charge in [-0.3, -0.25) is 4.79 Å². The van der Waals surface area contributed by atoms with E-state index in [0.29, 0.717) is 12.2 Å². The molecule has 1 aromatic rings. The molecule has 0 aromatic carbocycles. The Morgan fingerprint density at radius 1 is 1.35 bits per heavy atom. The van der Waals surface area contributed by atoms with Gasteiger partial charge in [0.25, 0.3) is 0 Å². The first kappa shape index (κ1) is 13.6. The maximum atomic E-state index is 10.6. The number of aromatic nitrogens is 1. The Kier molecular flexibility index (Phi) is 4.01. The van der Waals surface area contributed by atoms with E-state index in [1.54, 1.807) is 6.20 Å². The van der Waals surface area contributed by atoms with Crippen molar-refractivity contribution in [3.05, 3.63) is 23.9 Å². The van der Waals surface area contributed by atoms with E-state index < -0.39 is 0 Å². The Hall–Kier alpha value is -1.42. The van der Waals surface area contributed by atoms with Crippen LogP contribution in [0.15, 0.2) is 18.3 Å². The molecular weight excluding hydrogens is 252 g/mol. The van der Waals surface area contributed by atoms with Crippen LogP contribution < -0.4 is 4.90 Å². The maximum Gasteiger partial charge on any atom is 0.151 e. The van der Waals surface area contributed by atoms with Gasteiger partial charge in [-0.2, -0.15) is 0 Å². The van der Waals surface area contributed by atoms with Gasteiger partial charge in [-0.25, -0.2) is 4.98 Å². The molecular formula is C16H22N2O2. The third-order valence-electron chi connectivity index (χ3n) is 4.85. The van der Waals surface area contributed by atoms with Crippen LogP contribution in [0.1, 0.15) is 36.0 Å². The minimum absolute atomic E-state index is 0.340. The Morgan fingerprint density at radius 3 is 2.75 bits per heavy atom. The molecule has 2 aliphatic rings. The zero-order chi connectivity index (χ0) is 13.9. The number of aliphatic hydroxyl groups excluding tert-OH is 1. The van der Waals surface area contributed by atoms with Gasteiger partial charge in [0.15, 0.2) is 6.29 Å². The normalized spacial score (nSPS) is 26.6. The molecule has 0 unspecified atom stereocenters. The molecule has 20 heavy (non-hydrogen) atoms. The van der Waals surface area contributed by atoms with Crippen molar-refractivity contribution in [1.82, 2.24) is 4.98 Å². The van der Waals surface area contributed by atoms with Crippen molar-refractivity contribution >= 4 is 12.1 Å². The number of hydrogen-bond acceptors (Lipinski definition) is 4. The highest BCUT2D eigenvalue weighted by molar-refractivity contribution is 5.74. The zero-order valence-electron chi connectivity index (χ0n) is 11.7. The molecule has 4 nitrogen and oxygen atoms in total. The summed E-state index contributed by atoms with van der Waals surface area (Å²) in [5.74, 6) is 3.45. The van der Waals surface area contributed by atoms with Gasteiger partial charge in [0.2, 0.25) is 0 Å². The highest BCUT2D eigenvalue weighted by Crippen LogP contribution is 2.49. The average Bonchev–Trinajstić information content (AvgIpc) is 3.27. The van der Waals surface area contributed by atoms with E-state index in [9.17, 15) is 4.79 Å². The van der Waals surface area contributed by atoms with Gasteiger partial charge in [0.05, 0.1) is 0 Å². The highest BCUT2D eigenvalue weighted by atomic mass is 16.3. The van der Waals surface area contributed by atoms with Crippen LogP contribution in [0, 0.1) is 17.8 Å². The quantitative estimate of drug-likeness (QED) is 0.836. The van der Waals surface area contributed by atoms with E-state index >= 15 is 0 Å². The molecule has 1 aliphatic heterocycles. The van der Waals surface area contributed by atoms with Gasteiger partial charge < -0.3 is 10.0 Å². The number of carbonyl (C=O) groups excluding carboxylic acids is 1. The number of rotatable bonds is 5. The lowest BCUT2D eigenvalue weighted by atomic mass is 9.90. The Labute approximate surface area is 119 Å². The minimum Gasteiger partial charge on any atom is -0.396 e. The summed E-state index contributed by atoms with van der Waals surface area (Å²) in [6.07, 6.45) is 7.23. The van der Waals surface area contributed by atoms with Crippen molar-refractivity contribution in [3.63, 3.8) is 0 Å². The molecule has 2 heterocycles. The Balaban J connectivity index is 1.52. The second kappa shape index (κ2) is 5.92. The van der Waals surface area contributed by atoms with E-state index in [0.717, 1.165) is 49.4 Å². The first-order valence-corrected chi connectivity index (χ1v) is 7.59. The summed E-state index contributed by atoms with van der Waals surface area (Å²) < 4.78 is 0. The Morgan fingerprint density at radius 2 is 2.15 bits per heavy atom. The van der Waals surface area contributed by atoms with Crippen molar-refractivity contribution < 1.29 is 9.90 Å². The van der Waals surface area contributed by atoms with Crippen molar-refractivity contribution in [3.8, 4) is 0 Å². The molecule has 1 aromatic heterocycles. The summed E-state index contributed by atoms with van der Waals surface area (Å²) >= 11 is 0. The highest BCUT2D eigenvalue weighted by Gasteiger charge is 2.42. The summed E-state index contributed by atoms with van der Waals surface area (Å²) in [4.78, 5) is 17.3. The molecule has 2 atom stereocenters. The van der Waals surface area contributed by atoms with Gasteiger partial charge in [-0.15, -0.1) is 0 Å². The molecule has 2 fully saturated rings. The van der Waals surface area contributed by atoms with Crippen molar-refractivity contribution in [2.75, 3.05) is 24.6 Å². The number of aldehydes is 1. The molecule has 0 bridgehead atoms. The lowest BCUT2D eigenvalue weighted by Crippen LogP contribution is -2.35. The third-order valence-corrected chi connectivity index (χ3v) is 4.85. The second-order valence-electron chi connectivity index (χ2n) is 6.06. The first-order chi connectivity index (χ1) is 9.81. The molecule has 1 N–H and O–H groups in total. The molecule has 1 saturated heterocycles. The van der Waals surface area contributed by atoms with E-state index in [2.05, 4.69) is 9.88 Å². The van der Waals surface area contributed by atoms with Crippen molar-refractivity contribution in [2.24, 2.45) is 17.8 Å². The fourth-order valence-electron chi connectivity index (χ4n) is 3.56. The predicted molar refractivity (Wildman–Crippen MR) is 77.9 cm³/mol. The molecule has 4 heteroatoms. The summed E-state index contributed by atoms with van der Waals surface area (Å²) in [5.41, 5.74) is 0.633. The third kappa shape index (κ3) is 2.85. The fraction of sp³-hybridized carbons (Fsp3) is 0.625. The lowest BCUT2D eigenvalue weighted by Gasteiger charge is -2.33. The fourth-order valence-corrected chi connectivity index (χ4v) is 3.56. The molecule has 1 saturated carbocycles. The van der Waals surface area contributed by atoms with Gasteiger partial charge in [-0.1, -0.05) is 0 Å². The van der Waals surface area contributed by atoms with E-state index in [4.69, 9.17) is 5.11 Å². The van der Waals surface area contributed by atoms with Gasteiger partial charge in [0, 0.05) is 31.5 Å². The largest absolute Gasteiger partial charge is 0.396 e. The number of piperidine rings is 1.